The van der Waals surface area contributed by atoms with E-state index in [4.69, 9.17) is 0 Å². The predicted molar refractivity (Wildman–Crippen MR) is 98.9 cm³/mol. The number of carbonyl (C=O) groups excluding carboxylic acids is 2. The molecule has 0 atom stereocenters. The number of carbonyl (C=O) groups is 2. The van der Waals surface area contributed by atoms with Gasteiger partial charge in [0.1, 0.15) is 4.88 Å². The molecule has 26 heavy (non-hydrogen) atoms. The van der Waals surface area contributed by atoms with Gasteiger partial charge < -0.3 is 10.6 Å². The van der Waals surface area contributed by atoms with Gasteiger partial charge in [-0.3, -0.25) is 9.59 Å². The van der Waals surface area contributed by atoms with Crippen molar-refractivity contribution < 1.29 is 9.59 Å². The Morgan fingerprint density at radius 1 is 1.08 bits per heavy atom. The van der Waals surface area contributed by atoms with Crippen molar-refractivity contribution in [2.24, 2.45) is 0 Å². The Bertz CT molecular complexity index is 923. The fraction of sp³-hybridized carbons (Fsp3) is 0.167. The van der Waals surface area contributed by atoms with Crippen molar-refractivity contribution in [3.05, 3.63) is 64.4 Å². The van der Waals surface area contributed by atoms with E-state index >= 15 is 0 Å². The quantitative estimate of drug-likeness (QED) is 0.721. The Kier molecular flexibility index (Phi) is 5.33. The second kappa shape index (κ2) is 7.83. The molecule has 2 amide bonds. The van der Waals surface area contributed by atoms with Crippen LogP contribution in [0.3, 0.4) is 0 Å². The Hall–Kier alpha value is -3.13. The van der Waals surface area contributed by atoms with Crippen LogP contribution in [-0.2, 0) is 6.54 Å². The van der Waals surface area contributed by atoms with E-state index in [1.54, 1.807) is 44.6 Å². The molecule has 0 saturated heterocycles. The van der Waals surface area contributed by atoms with E-state index in [0.717, 1.165) is 5.56 Å². The molecule has 0 aliphatic carbocycles. The molecular formula is C18H17N5O2S. The van der Waals surface area contributed by atoms with Crippen molar-refractivity contribution in [2.75, 3.05) is 7.05 Å². The SMILES string of the molecule is CNC(=O)c1ccc(CNC(=O)c2sc(-c3ncccn3)nc2C)cc1. The number of aromatic nitrogens is 3. The van der Waals surface area contributed by atoms with Gasteiger partial charge in [0, 0.05) is 31.5 Å². The van der Waals surface area contributed by atoms with Crippen molar-refractivity contribution in [1.82, 2.24) is 25.6 Å². The monoisotopic (exact) mass is 367 g/mol. The molecule has 0 saturated carbocycles. The first kappa shape index (κ1) is 17.7. The number of benzene rings is 1. The smallest absolute Gasteiger partial charge is 0.263 e. The van der Waals surface area contributed by atoms with Gasteiger partial charge in [-0.1, -0.05) is 12.1 Å². The van der Waals surface area contributed by atoms with E-state index in [9.17, 15) is 9.59 Å². The van der Waals surface area contributed by atoms with Crippen LogP contribution >= 0.6 is 11.3 Å². The zero-order valence-electron chi connectivity index (χ0n) is 14.3. The third-order valence-corrected chi connectivity index (χ3v) is 4.81. The van der Waals surface area contributed by atoms with E-state index in [-0.39, 0.29) is 11.8 Å². The second-order valence-electron chi connectivity index (χ2n) is 5.46. The standard InChI is InChI=1S/C18H17N5O2S/c1-11-14(26-18(23-11)15-20-8-3-9-21-15)17(25)22-10-12-4-6-13(7-5-12)16(24)19-2/h3-9H,10H2,1-2H3,(H,19,24)(H,22,25). The van der Waals surface area contributed by atoms with Crippen LogP contribution in [0.2, 0.25) is 0 Å². The maximum absolute atomic E-state index is 12.5. The van der Waals surface area contributed by atoms with Crippen LogP contribution < -0.4 is 10.6 Å². The minimum atomic E-state index is -0.197. The molecule has 0 radical (unpaired) electrons. The third-order valence-electron chi connectivity index (χ3n) is 3.66. The topological polar surface area (TPSA) is 96.9 Å². The van der Waals surface area contributed by atoms with E-state index < -0.39 is 0 Å². The highest BCUT2D eigenvalue weighted by Gasteiger charge is 2.17. The maximum Gasteiger partial charge on any atom is 0.263 e. The van der Waals surface area contributed by atoms with Crippen molar-refractivity contribution in [3.63, 3.8) is 0 Å². The number of thiazole rings is 1. The molecule has 0 fully saturated rings. The molecule has 132 valence electrons. The molecule has 2 heterocycles. The van der Waals surface area contributed by atoms with Gasteiger partial charge in [-0.25, -0.2) is 15.0 Å². The molecule has 2 N–H and O–H groups in total. The normalized spacial score (nSPS) is 10.4. The summed E-state index contributed by atoms with van der Waals surface area (Å²) in [6.45, 7) is 2.15. The summed E-state index contributed by atoms with van der Waals surface area (Å²) >= 11 is 1.26. The highest BCUT2D eigenvalue weighted by molar-refractivity contribution is 7.17. The highest BCUT2D eigenvalue weighted by Crippen LogP contribution is 2.25. The number of amides is 2. The van der Waals surface area contributed by atoms with Gasteiger partial charge >= 0.3 is 0 Å². The van der Waals surface area contributed by atoms with Gasteiger partial charge in [0.2, 0.25) is 0 Å². The summed E-state index contributed by atoms with van der Waals surface area (Å²) in [6.07, 6.45) is 3.28. The molecule has 0 bridgehead atoms. The molecule has 1 aromatic carbocycles. The maximum atomic E-state index is 12.5. The lowest BCUT2D eigenvalue weighted by Crippen LogP contribution is -2.22. The first-order valence-corrected chi connectivity index (χ1v) is 8.74. The van der Waals surface area contributed by atoms with Gasteiger partial charge in [-0.2, -0.15) is 0 Å². The molecule has 3 rings (SSSR count). The number of nitrogens with one attached hydrogen (secondary N) is 2. The van der Waals surface area contributed by atoms with Gasteiger partial charge in [0.05, 0.1) is 5.69 Å². The number of aryl methyl sites for hydroxylation is 1. The summed E-state index contributed by atoms with van der Waals surface area (Å²) < 4.78 is 0. The van der Waals surface area contributed by atoms with Crippen LogP contribution in [0.5, 0.6) is 0 Å². The summed E-state index contributed by atoms with van der Waals surface area (Å²) in [5, 5.41) is 6.06. The minimum absolute atomic E-state index is 0.142. The van der Waals surface area contributed by atoms with Gasteiger partial charge in [-0.05, 0) is 30.7 Å². The number of hydrogen-bond donors (Lipinski definition) is 2. The van der Waals surface area contributed by atoms with Gasteiger partial charge in [0.25, 0.3) is 11.8 Å². The average Bonchev–Trinajstić information content (AvgIpc) is 3.08. The van der Waals surface area contributed by atoms with Crippen molar-refractivity contribution in [2.45, 2.75) is 13.5 Å². The molecule has 0 aliphatic heterocycles. The first-order chi connectivity index (χ1) is 12.6. The molecular weight excluding hydrogens is 350 g/mol. The van der Waals surface area contributed by atoms with Crippen LogP contribution in [-0.4, -0.2) is 33.8 Å². The fourth-order valence-electron chi connectivity index (χ4n) is 2.29. The van der Waals surface area contributed by atoms with Crippen LogP contribution in [0.25, 0.3) is 10.8 Å². The first-order valence-electron chi connectivity index (χ1n) is 7.92. The van der Waals surface area contributed by atoms with Gasteiger partial charge in [0.15, 0.2) is 10.8 Å². The van der Waals surface area contributed by atoms with E-state index in [2.05, 4.69) is 25.6 Å². The summed E-state index contributed by atoms with van der Waals surface area (Å²) in [5.41, 5.74) is 2.12. The van der Waals surface area contributed by atoms with Crippen molar-refractivity contribution >= 4 is 23.2 Å². The molecule has 0 unspecified atom stereocenters. The second-order valence-corrected chi connectivity index (χ2v) is 6.46. The molecule has 2 aromatic heterocycles. The molecule has 0 spiro atoms. The third kappa shape index (κ3) is 3.92. The molecule has 8 heteroatoms. The Morgan fingerprint density at radius 2 is 1.77 bits per heavy atom. The van der Waals surface area contributed by atoms with Crippen molar-refractivity contribution in [3.8, 4) is 10.8 Å². The summed E-state index contributed by atoms with van der Waals surface area (Å²) in [7, 11) is 1.59. The predicted octanol–water partition coefficient (Wildman–Crippen LogP) is 2.20. The van der Waals surface area contributed by atoms with Crippen LogP contribution in [0.4, 0.5) is 0 Å². The molecule has 0 aliphatic rings. The van der Waals surface area contributed by atoms with Crippen LogP contribution in [0, 0.1) is 6.92 Å². The molecule has 7 nitrogen and oxygen atoms in total. The van der Waals surface area contributed by atoms with Gasteiger partial charge in [-0.15, -0.1) is 11.3 Å². The molecule has 3 aromatic rings. The zero-order valence-corrected chi connectivity index (χ0v) is 15.1. The van der Waals surface area contributed by atoms with Crippen LogP contribution in [0.15, 0.2) is 42.7 Å². The lowest BCUT2D eigenvalue weighted by molar-refractivity contribution is 0.0948. The zero-order chi connectivity index (χ0) is 18.5. The average molecular weight is 367 g/mol. The fourth-order valence-corrected chi connectivity index (χ4v) is 3.22. The largest absolute Gasteiger partial charge is 0.355 e. The Balaban J connectivity index is 1.67. The summed E-state index contributed by atoms with van der Waals surface area (Å²) in [4.78, 5) is 37.2. The van der Waals surface area contributed by atoms with Crippen LogP contribution in [0.1, 0.15) is 31.3 Å². The van der Waals surface area contributed by atoms with E-state index in [1.807, 2.05) is 12.1 Å². The number of nitrogens with zero attached hydrogens (tertiary/aromatic N) is 3. The minimum Gasteiger partial charge on any atom is -0.355 e. The lowest BCUT2D eigenvalue weighted by atomic mass is 10.1. The number of rotatable bonds is 5. The number of hydrogen-bond acceptors (Lipinski definition) is 6. The van der Waals surface area contributed by atoms with E-state index in [0.29, 0.717) is 33.5 Å². The summed E-state index contributed by atoms with van der Waals surface area (Å²) in [5.74, 6) is 0.165. The van der Waals surface area contributed by atoms with Crippen molar-refractivity contribution in [1.29, 1.82) is 0 Å². The highest BCUT2D eigenvalue weighted by atomic mass is 32.1. The Labute approximate surface area is 154 Å². The lowest BCUT2D eigenvalue weighted by Gasteiger charge is -2.05. The van der Waals surface area contributed by atoms with E-state index in [1.165, 1.54) is 11.3 Å². The summed E-state index contributed by atoms with van der Waals surface area (Å²) in [6, 6.07) is 8.81. The Morgan fingerprint density at radius 3 is 2.42 bits per heavy atom.